The van der Waals surface area contributed by atoms with Gasteiger partial charge in [-0.3, -0.25) is 9.69 Å². The first kappa shape index (κ1) is 12.7. The van der Waals surface area contributed by atoms with Crippen molar-refractivity contribution in [3.8, 4) is 0 Å². The van der Waals surface area contributed by atoms with E-state index in [2.05, 4.69) is 0 Å². The van der Waals surface area contributed by atoms with Gasteiger partial charge in [0.25, 0.3) is 0 Å². The molecule has 0 N–H and O–H groups in total. The maximum absolute atomic E-state index is 12.2. The van der Waals surface area contributed by atoms with E-state index in [4.69, 9.17) is 11.6 Å². The smallest absolute Gasteiger partial charge is 0.232 e. The minimum absolute atomic E-state index is 0.00222. The Hall–Kier alpha value is -1.80. The second kappa shape index (κ2) is 6.22. The Balaban J connectivity index is 2.38. The highest BCUT2D eigenvalue weighted by molar-refractivity contribution is 6.19. The normalized spacial score (nSPS) is 10.1. The number of amides is 1. The topological polar surface area (TPSA) is 20.3 Å². The Morgan fingerprint density at radius 3 is 1.72 bits per heavy atom. The zero-order valence-corrected chi connectivity index (χ0v) is 10.7. The van der Waals surface area contributed by atoms with Crippen LogP contribution in [0.5, 0.6) is 0 Å². The van der Waals surface area contributed by atoms with Crippen molar-refractivity contribution in [1.82, 2.24) is 0 Å². The fourth-order valence-corrected chi connectivity index (χ4v) is 1.95. The summed E-state index contributed by atoms with van der Waals surface area (Å²) in [6, 6.07) is 19.2. The van der Waals surface area contributed by atoms with Crippen LogP contribution < -0.4 is 4.90 Å². The van der Waals surface area contributed by atoms with E-state index in [0.29, 0.717) is 12.3 Å². The Morgan fingerprint density at radius 2 is 1.33 bits per heavy atom. The van der Waals surface area contributed by atoms with Crippen molar-refractivity contribution in [2.75, 3.05) is 10.8 Å². The summed E-state index contributed by atoms with van der Waals surface area (Å²) < 4.78 is 0. The van der Waals surface area contributed by atoms with Gasteiger partial charge in [-0.2, -0.15) is 0 Å². The molecule has 2 nitrogen and oxygen atoms in total. The summed E-state index contributed by atoms with van der Waals surface area (Å²) in [5.41, 5.74) is 1.72. The molecule has 3 heteroatoms. The first-order valence-electron chi connectivity index (χ1n) is 5.82. The van der Waals surface area contributed by atoms with E-state index < -0.39 is 0 Å². The number of nitrogens with zero attached hydrogens (tertiary/aromatic N) is 1. The number of halogens is 1. The van der Waals surface area contributed by atoms with Crippen molar-refractivity contribution >= 4 is 28.9 Å². The van der Waals surface area contributed by atoms with Crippen LogP contribution in [0.15, 0.2) is 60.7 Å². The van der Waals surface area contributed by atoms with E-state index in [-0.39, 0.29) is 5.91 Å². The van der Waals surface area contributed by atoms with Crippen LogP contribution in [0.25, 0.3) is 0 Å². The van der Waals surface area contributed by atoms with Crippen molar-refractivity contribution in [1.29, 1.82) is 0 Å². The van der Waals surface area contributed by atoms with Gasteiger partial charge in [0, 0.05) is 23.7 Å². The van der Waals surface area contributed by atoms with Gasteiger partial charge >= 0.3 is 0 Å². The quantitative estimate of drug-likeness (QED) is 0.761. The molecule has 0 saturated heterocycles. The summed E-state index contributed by atoms with van der Waals surface area (Å²) in [6.45, 7) is 0. The molecule has 0 saturated carbocycles. The van der Waals surface area contributed by atoms with Gasteiger partial charge in [-0.1, -0.05) is 36.4 Å². The molecule has 1 amide bonds. The summed E-state index contributed by atoms with van der Waals surface area (Å²) in [7, 11) is 0. The van der Waals surface area contributed by atoms with Crippen LogP contribution in [0.2, 0.25) is 0 Å². The van der Waals surface area contributed by atoms with Gasteiger partial charge < -0.3 is 0 Å². The van der Waals surface area contributed by atoms with Crippen molar-refractivity contribution in [2.24, 2.45) is 0 Å². The second-order valence-electron chi connectivity index (χ2n) is 3.84. The molecule has 0 unspecified atom stereocenters. The molecular weight excluding hydrogens is 246 g/mol. The first-order chi connectivity index (χ1) is 8.83. The van der Waals surface area contributed by atoms with Gasteiger partial charge in [-0.25, -0.2) is 0 Å². The Labute approximate surface area is 112 Å². The number of hydrogen-bond acceptors (Lipinski definition) is 1. The van der Waals surface area contributed by atoms with E-state index in [9.17, 15) is 4.79 Å². The number of anilines is 2. The summed E-state index contributed by atoms with van der Waals surface area (Å²) in [4.78, 5) is 13.9. The first-order valence-corrected chi connectivity index (χ1v) is 6.35. The molecule has 92 valence electrons. The van der Waals surface area contributed by atoms with E-state index in [0.717, 1.165) is 11.4 Å². The average molecular weight is 260 g/mol. The van der Waals surface area contributed by atoms with Gasteiger partial charge in [0.05, 0.1) is 0 Å². The standard InChI is InChI=1S/C15H14ClNO/c16-12-11-15(18)17(13-7-3-1-4-8-13)14-9-5-2-6-10-14/h1-10H,11-12H2. The lowest BCUT2D eigenvalue weighted by Gasteiger charge is -2.22. The van der Waals surface area contributed by atoms with E-state index in [1.807, 2.05) is 60.7 Å². The van der Waals surface area contributed by atoms with Crippen LogP contribution in [0.4, 0.5) is 11.4 Å². The van der Waals surface area contributed by atoms with Crippen molar-refractivity contribution in [3.63, 3.8) is 0 Å². The summed E-state index contributed by atoms with van der Waals surface area (Å²) in [6.07, 6.45) is 0.325. The summed E-state index contributed by atoms with van der Waals surface area (Å²) >= 11 is 5.67. The highest BCUT2D eigenvalue weighted by Crippen LogP contribution is 2.25. The number of carbonyl (C=O) groups is 1. The predicted molar refractivity (Wildman–Crippen MR) is 75.4 cm³/mol. The summed E-state index contributed by atoms with van der Waals surface area (Å²) in [5, 5.41) is 0. The molecule has 2 aromatic carbocycles. The average Bonchev–Trinajstić information content (AvgIpc) is 2.42. The van der Waals surface area contributed by atoms with E-state index in [1.54, 1.807) is 4.90 Å². The Bertz CT molecular complexity index is 459. The van der Waals surface area contributed by atoms with E-state index >= 15 is 0 Å². The molecule has 0 fully saturated rings. The van der Waals surface area contributed by atoms with Crippen LogP contribution in [0.3, 0.4) is 0 Å². The Kier molecular flexibility index (Phi) is 4.37. The lowest BCUT2D eigenvalue weighted by atomic mass is 10.2. The highest BCUT2D eigenvalue weighted by Gasteiger charge is 2.16. The fourth-order valence-electron chi connectivity index (χ4n) is 1.78. The van der Waals surface area contributed by atoms with Crippen LogP contribution in [0.1, 0.15) is 6.42 Å². The van der Waals surface area contributed by atoms with Crippen molar-refractivity contribution in [3.05, 3.63) is 60.7 Å². The van der Waals surface area contributed by atoms with Crippen LogP contribution in [0, 0.1) is 0 Å². The third kappa shape index (κ3) is 2.90. The fraction of sp³-hybridized carbons (Fsp3) is 0.133. The molecule has 0 heterocycles. The third-order valence-electron chi connectivity index (χ3n) is 2.59. The molecule has 18 heavy (non-hydrogen) atoms. The number of carbonyl (C=O) groups excluding carboxylic acids is 1. The molecule has 0 spiro atoms. The SMILES string of the molecule is O=C(CCCl)N(c1ccccc1)c1ccccc1. The Morgan fingerprint density at radius 1 is 0.889 bits per heavy atom. The number of hydrogen-bond donors (Lipinski definition) is 0. The number of benzene rings is 2. The molecule has 2 aromatic rings. The molecule has 0 aliphatic rings. The van der Waals surface area contributed by atoms with Gasteiger partial charge in [0.15, 0.2) is 0 Å². The molecule has 0 aliphatic carbocycles. The van der Waals surface area contributed by atoms with Crippen LogP contribution in [-0.4, -0.2) is 11.8 Å². The lowest BCUT2D eigenvalue weighted by molar-refractivity contribution is -0.117. The molecule has 0 aromatic heterocycles. The molecule has 2 rings (SSSR count). The molecular formula is C15H14ClNO. The van der Waals surface area contributed by atoms with E-state index in [1.165, 1.54) is 0 Å². The van der Waals surface area contributed by atoms with Crippen molar-refractivity contribution < 1.29 is 4.79 Å². The molecule has 0 aliphatic heterocycles. The zero-order valence-electron chi connectivity index (χ0n) is 9.92. The van der Waals surface area contributed by atoms with Crippen LogP contribution >= 0.6 is 11.6 Å². The maximum Gasteiger partial charge on any atom is 0.232 e. The van der Waals surface area contributed by atoms with Crippen LogP contribution in [-0.2, 0) is 4.79 Å². The third-order valence-corrected chi connectivity index (χ3v) is 2.78. The van der Waals surface area contributed by atoms with Gasteiger partial charge in [0.1, 0.15) is 0 Å². The number of alkyl halides is 1. The second-order valence-corrected chi connectivity index (χ2v) is 4.22. The van der Waals surface area contributed by atoms with Crippen molar-refractivity contribution in [2.45, 2.75) is 6.42 Å². The molecule has 0 radical (unpaired) electrons. The van der Waals surface area contributed by atoms with Gasteiger partial charge in [-0.05, 0) is 24.3 Å². The number of rotatable bonds is 4. The molecule has 0 bridgehead atoms. The predicted octanol–water partition coefficient (Wildman–Crippen LogP) is 3.98. The minimum Gasteiger partial charge on any atom is -0.281 e. The molecule has 0 atom stereocenters. The highest BCUT2D eigenvalue weighted by atomic mass is 35.5. The minimum atomic E-state index is 0.00222. The monoisotopic (exact) mass is 259 g/mol. The summed E-state index contributed by atoms with van der Waals surface area (Å²) in [5.74, 6) is 0.331. The largest absolute Gasteiger partial charge is 0.281 e. The number of para-hydroxylation sites is 2. The maximum atomic E-state index is 12.2. The van der Waals surface area contributed by atoms with Gasteiger partial charge in [-0.15, -0.1) is 11.6 Å². The lowest BCUT2D eigenvalue weighted by Crippen LogP contribution is -2.25. The van der Waals surface area contributed by atoms with Gasteiger partial charge in [0.2, 0.25) is 5.91 Å². The zero-order chi connectivity index (χ0) is 12.8.